The summed E-state index contributed by atoms with van der Waals surface area (Å²) in [6, 6.07) is 16.6. The number of rotatable bonds is 9. The van der Waals surface area contributed by atoms with Gasteiger partial charge < -0.3 is 15.4 Å². The number of carbonyl (C=O) groups excluding carboxylic acids is 1. The molecule has 5 nitrogen and oxygen atoms in total. The Hall–Kier alpha value is -2.60. The van der Waals surface area contributed by atoms with Gasteiger partial charge in [-0.1, -0.05) is 30.3 Å². The Labute approximate surface area is 172 Å². The van der Waals surface area contributed by atoms with Crippen LogP contribution in [0.4, 0.5) is 9.18 Å². The highest BCUT2D eigenvalue weighted by Gasteiger charge is 2.20. The summed E-state index contributed by atoms with van der Waals surface area (Å²) in [7, 11) is 0. The van der Waals surface area contributed by atoms with Crippen LogP contribution in [-0.2, 0) is 6.54 Å². The molecule has 1 aliphatic rings. The molecule has 1 fully saturated rings. The molecule has 0 radical (unpaired) electrons. The van der Waals surface area contributed by atoms with Gasteiger partial charge in [0.2, 0.25) is 0 Å². The predicted octanol–water partition coefficient (Wildman–Crippen LogP) is 3.95. The summed E-state index contributed by atoms with van der Waals surface area (Å²) in [5.41, 5.74) is 1.33. The molecule has 0 saturated carbocycles. The zero-order valence-corrected chi connectivity index (χ0v) is 16.8. The SMILES string of the molecule is O=C(NCCCCOc1ccc(F)cc1)NC1CCN(Cc2ccccc2)CC1. The van der Waals surface area contributed by atoms with E-state index in [4.69, 9.17) is 4.74 Å². The molecule has 2 N–H and O–H groups in total. The normalized spacial score (nSPS) is 15.1. The quantitative estimate of drug-likeness (QED) is 0.628. The number of hydrogen-bond donors (Lipinski definition) is 2. The molecule has 0 bridgehead atoms. The molecule has 2 aromatic carbocycles. The van der Waals surface area contributed by atoms with Crippen LogP contribution >= 0.6 is 0 Å². The number of benzene rings is 2. The average molecular weight is 400 g/mol. The Morgan fingerprint density at radius 1 is 1.03 bits per heavy atom. The van der Waals surface area contributed by atoms with Crippen molar-refractivity contribution in [2.24, 2.45) is 0 Å². The monoisotopic (exact) mass is 399 g/mol. The first-order valence-corrected chi connectivity index (χ1v) is 10.4. The Morgan fingerprint density at radius 3 is 2.48 bits per heavy atom. The van der Waals surface area contributed by atoms with Crippen molar-refractivity contribution in [3.63, 3.8) is 0 Å². The number of carbonyl (C=O) groups is 1. The summed E-state index contributed by atoms with van der Waals surface area (Å²) < 4.78 is 18.4. The van der Waals surface area contributed by atoms with Crippen LogP contribution in [0.2, 0.25) is 0 Å². The van der Waals surface area contributed by atoms with E-state index in [0.29, 0.717) is 18.9 Å². The first-order chi connectivity index (χ1) is 14.2. The van der Waals surface area contributed by atoms with Crippen molar-refractivity contribution in [1.82, 2.24) is 15.5 Å². The third kappa shape index (κ3) is 7.74. The number of piperidine rings is 1. The van der Waals surface area contributed by atoms with Gasteiger partial charge in [-0.25, -0.2) is 9.18 Å². The molecule has 0 aromatic heterocycles. The predicted molar refractivity (Wildman–Crippen MR) is 112 cm³/mol. The minimum atomic E-state index is -0.269. The smallest absolute Gasteiger partial charge is 0.315 e. The number of amides is 2. The zero-order valence-electron chi connectivity index (χ0n) is 16.8. The molecule has 2 amide bonds. The maximum absolute atomic E-state index is 12.8. The minimum Gasteiger partial charge on any atom is -0.494 e. The first-order valence-electron chi connectivity index (χ1n) is 10.4. The fourth-order valence-corrected chi connectivity index (χ4v) is 3.46. The van der Waals surface area contributed by atoms with Gasteiger partial charge in [-0.15, -0.1) is 0 Å². The van der Waals surface area contributed by atoms with Gasteiger partial charge >= 0.3 is 6.03 Å². The highest BCUT2D eigenvalue weighted by Crippen LogP contribution is 2.14. The van der Waals surface area contributed by atoms with Crippen molar-refractivity contribution in [3.05, 3.63) is 66.0 Å². The summed E-state index contributed by atoms with van der Waals surface area (Å²) in [5, 5.41) is 6.00. The number of nitrogens with zero attached hydrogens (tertiary/aromatic N) is 1. The molecule has 0 aliphatic carbocycles. The van der Waals surface area contributed by atoms with Gasteiger partial charge in [-0.05, 0) is 55.5 Å². The van der Waals surface area contributed by atoms with E-state index >= 15 is 0 Å². The van der Waals surface area contributed by atoms with E-state index in [-0.39, 0.29) is 17.9 Å². The number of likely N-dealkylation sites (tertiary alicyclic amines) is 1. The van der Waals surface area contributed by atoms with Crippen LogP contribution in [-0.4, -0.2) is 43.2 Å². The van der Waals surface area contributed by atoms with Crippen molar-refractivity contribution in [2.45, 2.75) is 38.3 Å². The van der Waals surface area contributed by atoms with Crippen LogP contribution < -0.4 is 15.4 Å². The standard InChI is InChI=1S/C23H30FN3O2/c24-20-8-10-22(11-9-20)29-17-5-4-14-25-23(28)26-21-12-15-27(16-13-21)18-19-6-2-1-3-7-19/h1-3,6-11,21H,4-5,12-18H2,(H2,25,26,28). The number of unbranched alkanes of at least 4 members (excludes halogenated alkanes) is 1. The molecule has 156 valence electrons. The Bertz CT molecular complexity index is 732. The molecule has 29 heavy (non-hydrogen) atoms. The van der Waals surface area contributed by atoms with E-state index in [2.05, 4.69) is 39.8 Å². The van der Waals surface area contributed by atoms with E-state index in [1.165, 1.54) is 17.7 Å². The first kappa shape index (κ1) is 21.1. The molecule has 0 spiro atoms. The summed E-state index contributed by atoms with van der Waals surface area (Å²) in [5.74, 6) is 0.394. The lowest BCUT2D eigenvalue weighted by Crippen LogP contribution is -2.47. The Morgan fingerprint density at radius 2 is 1.76 bits per heavy atom. The second kappa shape index (κ2) is 11.4. The molecule has 2 aromatic rings. The van der Waals surface area contributed by atoms with Gasteiger partial charge in [0, 0.05) is 32.2 Å². The van der Waals surface area contributed by atoms with E-state index < -0.39 is 0 Å². The average Bonchev–Trinajstić information content (AvgIpc) is 2.74. The second-order valence-electron chi connectivity index (χ2n) is 7.45. The van der Waals surface area contributed by atoms with Crippen molar-refractivity contribution in [1.29, 1.82) is 0 Å². The van der Waals surface area contributed by atoms with Crippen LogP contribution in [0, 0.1) is 5.82 Å². The molecular weight excluding hydrogens is 369 g/mol. The van der Waals surface area contributed by atoms with Gasteiger partial charge in [-0.3, -0.25) is 4.90 Å². The zero-order chi connectivity index (χ0) is 20.3. The fourth-order valence-electron chi connectivity index (χ4n) is 3.46. The van der Waals surface area contributed by atoms with Crippen LogP contribution in [0.5, 0.6) is 5.75 Å². The van der Waals surface area contributed by atoms with Crippen molar-refractivity contribution >= 4 is 6.03 Å². The largest absolute Gasteiger partial charge is 0.494 e. The Balaban J connectivity index is 1.22. The lowest BCUT2D eigenvalue weighted by atomic mass is 10.0. The van der Waals surface area contributed by atoms with Gasteiger partial charge in [0.15, 0.2) is 0 Å². The number of nitrogens with one attached hydrogen (secondary N) is 2. The minimum absolute atomic E-state index is 0.0917. The third-order valence-electron chi connectivity index (χ3n) is 5.11. The molecule has 1 saturated heterocycles. The highest BCUT2D eigenvalue weighted by molar-refractivity contribution is 5.74. The third-order valence-corrected chi connectivity index (χ3v) is 5.11. The maximum Gasteiger partial charge on any atom is 0.315 e. The molecule has 0 atom stereocenters. The van der Waals surface area contributed by atoms with E-state index in [1.54, 1.807) is 12.1 Å². The van der Waals surface area contributed by atoms with Crippen LogP contribution in [0.15, 0.2) is 54.6 Å². The molecule has 1 aliphatic heterocycles. The molecule has 6 heteroatoms. The maximum atomic E-state index is 12.8. The number of ether oxygens (including phenoxy) is 1. The second-order valence-corrected chi connectivity index (χ2v) is 7.45. The number of urea groups is 1. The van der Waals surface area contributed by atoms with Gasteiger partial charge in [0.05, 0.1) is 6.61 Å². The van der Waals surface area contributed by atoms with E-state index in [1.807, 2.05) is 6.07 Å². The number of hydrogen-bond acceptors (Lipinski definition) is 3. The molecule has 1 heterocycles. The number of halogens is 1. The van der Waals surface area contributed by atoms with Crippen LogP contribution in [0.1, 0.15) is 31.2 Å². The van der Waals surface area contributed by atoms with Crippen molar-refractivity contribution < 1.29 is 13.9 Å². The van der Waals surface area contributed by atoms with E-state index in [9.17, 15) is 9.18 Å². The topological polar surface area (TPSA) is 53.6 Å². The Kier molecular flexibility index (Phi) is 8.31. The summed E-state index contributed by atoms with van der Waals surface area (Å²) in [6.07, 6.45) is 3.62. The summed E-state index contributed by atoms with van der Waals surface area (Å²) in [4.78, 5) is 14.5. The lowest BCUT2D eigenvalue weighted by Gasteiger charge is -2.32. The molecule has 0 unspecified atom stereocenters. The fraction of sp³-hybridized carbons (Fsp3) is 0.435. The van der Waals surface area contributed by atoms with Gasteiger partial charge in [0.1, 0.15) is 11.6 Å². The molecule has 3 rings (SSSR count). The van der Waals surface area contributed by atoms with Gasteiger partial charge in [0.25, 0.3) is 0 Å². The highest BCUT2D eigenvalue weighted by atomic mass is 19.1. The van der Waals surface area contributed by atoms with Crippen LogP contribution in [0.25, 0.3) is 0 Å². The van der Waals surface area contributed by atoms with Crippen LogP contribution in [0.3, 0.4) is 0 Å². The summed E-state index contributed by atoms with van der Waals surface area (Å²) >= 11 is 0. The van der Waals surface area contributed by atoms with Gasteiger partial charge in [-0.2, -0.15) is 0 Å². The van der Waals surface area contributed by atoms with Crippen molar-refractivity contribution in [2.75, 3.05) is 26.2 Å². The van der Waals surface area contributed by atoms with E-state index in [0.717, 1.165) is 45.3 Å². The summed E-state index contributed by atoms with van der Waals surface area (Å²) in [6.45, 7) is 4.14. The molecular formula is C23H30FN3O2. The van der Waals surface area contributed by atoms with Crippen molar-refractivity contribution in [3.8, 4) is 5.75 Å². The lowest BCUT2D eigenvalue weighted by molar-refractivity contribution is 0.186.